The topological polar surface area (TPSA) is 41.6 Å². The summed E-state index contributed by atoms with van der Waals surface area (Å²) in [5.74, 6) is 0. The fourth-order valence-corrected chi connectivity index (χ4v) is 3.96. The van der Waals surface area contributed by atoms with Gasteiger partial charge in [-0.15, -0.1) is 0 Å². The second kappa shape index (κ2) is 6.28. The molecule has 1 radical (unpaired) electrons. The summed E-state index contributed by atoms with van der Waals surface area (Å²) >= 11 is 0. The minimum Gasteiger partial charge on any atom is -0.354 e. The average molecular weight is 370 g/mol. The van der Waals surface area contributed by atoms with Crippen LogP contribution in [0.3, 0.4) is 0 Å². The molecule has 29 heavy (non-hydrogen) atoms. The highest BCUT2D eigenvalue weighted by atomic mass is 14.8. The molecule has 0 spiro atoms. The molecule has 3 aromatic heterocycles. The zero-order valence-corrected chi connectivity index (χ0v) is 15.6. The average Bonchev–Trinajstić information content (AvgIpc) is 3.22. The highest BCUT2D eigenvalue weighted by molar-refractivity contribution is 6.03. The molecule has 0 saturated heterocycles. The van der Waals surface area contributed by atoms with Gasteiger partial charge in [-0.05, 0) is 29.7 Å². The molecule has 0 atom stereocenters. The number of para-hydroxylation sites is 2. The molecule has 0 fully saturated rings. The van der Waals surface area contributed by atoms with E-state index in [9.17, 15) is 0 Å². The second-order valence-corrected chi connectivity index (χ2v) is 7.15. The number of H-pyrrole nitrogens is 1. The smallest absolute Gasteiger partial charge is 0.0994 e. The van der Waals surface area contributed by atoms with Crippen LogP contribution in [0.5, 0.6) is 0 Å². The molecule has 0 unspecified atom stereocenters. The lowest BCUT2D eigenvalue weighted by Gasteiger charge is -2.11. The number of aromatic amines is 1. The molecular weight excluding hydrogens is 354 g/mol. The van der Waals surface area contributed by atoms with Gasteiger partial charge >= 0.3 is 0 Å². The summed E-state index contributed by atoms with van der Waals surface area (Å²) in [4.78, 5) is 13.2. The van der Waals surface area contributed by atoms with Crippen molar-refractivity contribution in [2.24, 2.45) is 0 Å². The van der Waals surface area contributed by atoms with E-state index in [0.717, 1.165) is 49.8 Å². The SMILES string of the molecule is [c]1nc(-c2ccc3ccccc3n2)c(-c2cc3ccccc3[nH]2)c2ccccc12. The third-order valence-corrected chi connectivity index (χ3v) is 5.36. The summed E-state index contributed by atoms with van der Waals surface area (Å²) in [6.07, 6.45) is 3.21. The maximum atomic E-state index is 4.90. The molecule has 3 nitrogen and oxygen atoms in total. The van der Waals surface area contributed by atoms with Gasteiger partial charge in [0.1, 0.15) is 0 Å². The Bertz CT molecular complexity index is 1480. The van der Waals surface area contributed by atoms with Crippen LogP contribution >= 0.6 is 0 Å². The Hall–Kier alpha value is -3.98. The van der Waals surface area contributed by atoms with Gasteiger partial charge in [-0.25, -0.2) is 9.97 Å². The van der Waals surface area contributed by atoms with Crippen LogP contribution in [0.1, 0.15) is 0 Å². The summed E-state index contributed by atoms with van der Waals surface area (Å²) in [6.45, 7) is 0. The zero-order valence-electron chi connectivity index (χ0n) is 15.6. The number of pyridine rings is 2. The van der Waals surface area contributed by atoms with Gasteiger partial charge in [-0.3, -0.25) is 0 Å². The van der Waals surface area contributed by atoms with Crippen LogP contribution in [0, 0.1) is 6.20 Å². The van der Waals surface area contributed by atoms with Crippen molar-refractivity contribution in [3.63, 3.8) is 0 Å². The zero-order chi connectivity index (χ0) is 19.2. The predicted molar refractivity (Wildman–Crippen MR) is 119 cm³/mol. The van der Waals surface area contributed by atoms with Crippen LogP contribution in [-0.2, 0) is 0 Å². The lowest BCUT2D eigenvalue weighted by Crippen LogP contribution is -1.94. The molecule has 1 N–H and O–H groups in total. The van der Waals surface area contributed by atoms with Crippen LogP contribution in [0.15, 0.2) is 91.0 Å². The van der Waals surface area contributed by atoms with Gasteiger partial charge in [0.05, 0.1) is 23.1 Å². The van der Waals surface area contributed by atoms with Crippen molar-refractivity contribution in [3.8, 4) is 22.6 Å². The van der Waals surface area contributed by atoms with E-state index in [2.05, 4.69) is 59.7 Å². The van der Waals surface area contributed by atoms with Crippen LogP contribution in [0.4, 0.5) is 0 Å². The number of hydrogen-bond acceptors (Lipinski definition) is 2. The van der Waals surface area contributed by atoms with Gasteiger partial charge in [0.15, 0.2) is 0 Å². The van der Waals surface area contributed by atoms with E-state index in [1.807, 2.05) is 42.5 Å². The fourth-order valence-electron chi connectivity index (χ4n) is 3.96. The van der Waals surface area contributed by atoms with E-state index in [-0.39, 0.29) is 0 Å². The maximum Gasteiger partial charge on any atom is 0.0994 e. The van der Waals surface area contributed by atoms with Crippen molar-refractivity contribution in [3.05, 3.63) is 97.2 Å². The molecule has 6 aromatic rings. The minimum atomic E-state index is 0.834. The number of hydrogen-bond donors (Lipinski definition) is 1. The van der Waals surface area contributed by atoms with Crippen LogP contribution in [0.2, 0.25) is 0 Å². The largest absolute Gasteiger partial charge is 0.354 e. The summed E-state index contributed by atoms with van der Waals surface area (Å²) in [7, 11) is 0. The number of rotatable bonds is 2. The van der Waals surface area contributed by atoms with Crippen LogP contribution in [0.25, 0.3) is 55.2 Å². The van der Waals surface area contributed by atoms with Gasteiger partial charge < -0.3 is 4.98 Å². The van der Waals surface area contributed by atoms with Gasteiger partial charge in [-0.1, -0.05) is 66.7 Å². The summed E-state index contributed by atoms with van der Waals surface area (Å²) in [5, 5.41) is 4.40. The Balaban J connectivity index is 1.68. The van der Waals surface area contributed by atoms with E-state index < -0.39 is 0 Å². The molecular formula is C26H16N3. The van der Waals surface area contributed by atoms with Gasteiger partial charge in [0.2, 0.25) is 0 Å². The van der Waals surface area contributed by atoms with Gasteiger partial charge in [-0.2, -0.15) is 0 Å². The number of aromatic nitrogens is 3. The van der Waals surface area contributed by atoms with Gasteiger partial charge in [0, 0.05) is 32.9 Å². The van der Waals surface area contributed by atoms with Crippen molar-refractivity contribution in [1.82, 2.24) is 15.0 Å². The predicted octanol–water partition coefficient (Wildman–Crippen LogP) is 6.40. The summed E-state index contributed by atoms with van der Waals surface area (Å²) < 4.78 is 0. The first-order valence-electron chi connectivity index (χ1n) is 9.61. The quantitative estimate of drug-likeness (QED) is 0.383. The lowest BCUT2D eigenvalue weighted by molar-refractivity contribution is 1.28. The van der Waals surface area contributed by atoms with Crippen molar-refractivity contribution in [1.29, 1.82) is 0 Å². The minimum absolute atomic E-state index is 0.834. The fraction of sp³-hybridized carbons (Fsp3) is 0. The second-order valence-electron chi connectivity index (χ2n) is 7.15. The molecule has 0 saturated carbocycles. The first-order valence-corrected chi connectivity index (χ1v) is 9.61. The molecule has 6 rings (SSSR count). The first kappa shape index (κ1) is 16.0. The monoisotopic (exact) mass is 370 g/mol. The van der Waals surface area contributed by atoms with Crippen LogP contribution in [-0.4, -0.2) is 15.0 Å². The highest BCUT2D eigenvalue weighted by Crippen LogP contribution is 2.37. The van der Waals surface area contributed by atoms with Gasteiger partial charge in [0.25, 0.3) is 0 Å². The molecule has 3 aromatic carbocycles. The third-order valence-electron chi connectivity index (χ3n) is 5.36. The standard InChI is InChI=1S/C26H16N3/c1-4-10-20-19(9-1)16-27-26(23-14-13-17-7-2-5-11-21(17)28-23)25(20)24-15-18-8-3-6-12-22(18)29-24/h1-15,29H. The molecule has 0 bridgehead atoms. The van der Waals surface area contributed by atoms with E-state index >= 15 is 0 Å². The molecule has 0 aliphatic carbocycles. The molecule has 0 amide bonds. The maximum absolute atomic E-state index is 4.90. The van der Waals surface area contributed by atoms with E-state index in [4.69, 9.17) is 9.97 Å². The van der Waals surface area contributed by atoms with Crippen molar-refractivity contribution in [2.45, 2.75) is 0 Å². The molecule has 135 valence electrons. The summed E-state index contributed by atoms with van der Waals surface area (Å²) in [6, 6.07) is 31.0. The Morgan fingerprint density at radius 1 is 0.724 bits per heavy atom. The van der Waals surface area contributed by atoms with E-state index in [0.29, 0.717) is 0 Å². The van der Waals surface area contributed by atoms with Crippen LogP contribution < -0.4 is 0 Å². The Labute approximate surface area is 167 Å². The Morgan fingerprint density at radius 3 is 2.45 bits per heavy atom. The number of fused-ring (bicyclic) bond motifs is 3. The Morgan fingerprint density at radius 2 is 1.52 bits per heavy atom. The van der Waals surface area contributed by atoms with E-state index in [1.54, 1.807) is 0 Å². The number of nitrogens with one attached hydrogen (secondary N) is 1. The lowest BCUT2D eigenvalue weighted by atomic mass is 9.99. The Kier molecular flexibility index (Phi) is 3.47. The molecule has 0 aliphatic rings. The molecule has 3 heterocycles. The first-order chi connectivity index (χ1) is 14.4. The highest BCUT2D eigenvalue weighted by Gasteiger charge is 2.16. The molecule has 0 aliphatic heterocycles. The van der Waals surface area contributed by atoms with Crippen molar-refractivity contribution in [2.75, 3.05) is 0 Å². The molecule has 3 heteroatoms. The number of benzene rings is 3. The number of nitrogens with zero attached hydrogens (tertiary/aromatic N) is 2. The van der Waals surface area contributed by atoms with E-state index in [1.165, 1.54) is 5.39 Å². The van der Waals surface area contributed by atoms with Crippen molar-refractivity contribution >= 4 is 32.6 Å². The van der Waals surface area contributed by atoms with Crippen molar-refractivity contribution < 1.29 is 0 Å². The summed E-state index contributed by atoms with van der Waals surface area (Å²) in [5.41, 5.74) is 5.84. The third kappa shape index (κ3) is 2.59. The normalized spacial score (nSPS) is 11.4.